The summed E-state index contributed by atoms with van der Waals surface area (Å²) < 4.78 is 6.97. The fourth-order valence-electron chi connectivity index (χ4n) is 3.41. The number of amides is 1. The van der Waals surface area contributed by atoms with E-state index < -0.39 is 11.2 Å². The Hall–Kier alpha value is -3.29. The van der Waals surface area contributed by atoms with Crippen LogP contribution >= 0.6 is 23.4 Å². The van der Waals surface area contributed by atoms with Crippen molar-refractivity contribution in [3.63, 3.8) is 0 Å². The SMILES string of the molecule is COc1cc(Cl)c(C)cc1-n1c(SC(C(N)=O)c2ccccc2)nc2ccccc2c1=O. The molecule has 4 rings (SSSR count). The van der Waals surface area contributed by atoms with Gasteiger partial charge in [0.15, 0.2) is 5.16 Å². The molecular formula is C24H20ClN3O3S. The van der Waals surface area contributed by atoms with Crippen LogP contribution in [0.25, 0.3) is 16.6 Å². The zero-order valence-electron chi connectivity index (χ0n) is 17.4. The average Bonchev–Trinajstić information content (AvgIpc) is 2.79. The molecule has 1 amide bonds. The molecule has 162 valence electrons. The lowest BCUT2D eigenvalue weighted by Gasteiger charge is -2.19. The number of para-hydroxylation sites is 1. The van der Waals surface area contributed by atoms with Gasteiger partial charge >= 0.3 is 0 Å². The Morgan fingerprint density at radius 3 is 2.50 bits per heavy atom. The van der Waals surface area contributed by atoms with Crippen LogP contribution in [0.4, 0.5) is 0 Å². The molecule has 32 heavy (non-hydrogen) atoms. The summed E-state index contributed by atoms with van der Waals surface area (Å²) in [6.45, 7) is 1.84. The summed E-state index contributed by atoms with van der Waals surface area (Å²) in [6.07, 6.45) is 0. The van der Waals surface area contributed by atoms with Crippen LogP contribution in [0.15, 0.2) is 76.7 Å². The molecule has 0 fully saturated rings. The molecule has 1 aromatic heterocycles. The number of nitrogens with zero attached hydrogens (tertiary/aromatic N) is 2. The van der Waals surface area contributed by atoms with Crippen LogP contribution in [0, 0.1) is 6.92 Å². The molecule has 0 aliphatic rings. The first-order valence-electron chi connectivity index (χ1n) is 9.78. The summed E-state index contributed by atoms with van der Waals surface area (Å²) in [5.74, 6) is -0.119. The van der Waals surface area contributed by atoms with E-state index in [1.807, 2.05) is 43.3 Å². The number of hydrogen-bond donors (Lipinski definition) is 1. The molecule has 0 radical (unpaired) electrons. The van der Waals surface area contributed by atoms with Gasteiger partial charge in [-0.2, -0.15) is 0 Å². The maximum Gasteiger partial charge on any atom is 0.266 e. The Morgan fingerprint density at radius 1 is 1.12 bits per heavy atom. The van der Waals surface area contributed by atoms with Crippen LogP contribution in [0.2, 0.25) is 5.02 Å². The minimum absolute atomic E-state index is 0.283. The number of hydrogen-bond acceptors (Lipinski definition) is 5. The highest BCUT2D eigenvalue weighted by Crippen LogP contribution is 2.37. The predicted octanol–water partition coefficient (Wildman–Crippen LogP) is 4.67. The van der Waals surface area contributed by atoms with Crippen molar-refractivity contribution < 1.29 is 9.53 Å². The summed E-state index contributed by atoms with van der Waals surface area (Å²) in [7, 11) is 1.51. The van der Waals surface area contributed by atoms with Crippen LogP contribution in [0.1, 0.15) is 16.4 Å². The van der Waals surface area contributed by atoms with Crippen molar-refractivity contribution >= 4 is 40.2 Å². The van der Waals surface area contributed by atoms with Crippen molar-refractivity contribution in [3.8, 4) is 11.4 Å². The summed E-state index contributed by atoms with van der Waals surface area (Å²) >= 11 is 7.40. The number of carbonyl (C=O) groups excluding carboxylic acids is 1. The van der Waals surface area contributed by atoms with Crippen molar-refractivity contribution in [1.29, 1.82) is 0 Å². The molecule has 3 aromatic carbocycles. The second-order valence-electron chi connectivity index (χ2n) is 7.14. The number of aromatic nitrogens is 2. The van der Waals surface area contributed by atoms with E-state index in [0.29, 0.717) is 32.5 Å². The number of aryl methyl sites for hydroxylation is 1. The molecule has 1 heterocycles. The minimum Gasteiger partial charge on any atom is -0.495 e. The number of ether oxygens (including phenoxy) is 1. The number of fused-ring (bicyclic) bond motifs is 1. The van der Waals surface area contributed by atoms with Gasteiger partial charge in [-0.25, -0.2) is 4.98 Å². The summed E-state index contributed by atoms with van der Waals surface area (Å²) in [6, 6.07) is 19.7. The molecule has 0 aliphatic heterocycles. The lowest BCUT2D eigenvalue weighted by molar-refractivity contribution is -0.117. The summed E-state index contributed by atoms with van der Waals surface area (Å²) in [4.78, 5) is 30.7. The largest absolute Gasteiger partial charge is 0.495 e. The fourth-order valence-corrected chi connectivity index (χ4v) is 4.63. The third-order valence-electron chi connectivity index (χ3n) is 5.03. The number of halogens is 1. The zero-order valence-corrected chi connectivity index (χ0v) is 19.0. The van der Waals surface area contributed by atoms with Crippen LogP contribution in [0.3, 0.4) is 0 Å². The van der Waals surface area contributed by atoms with Crippen molar-refractivity contribution in [2.24, 2.45) is 5.73 Å². The van der Waals surface area contributed by atoms with Gasteiger partial charge in [0.05, 0.1) is 23.7 Å². The van der Waals surface area contributed by atoms with Crippen molar-refractivity contribution in [3.05, 3.63) is 93.2 Å². The Bertz CT molecular complexity index is 1370. The van der Waals surface area contributed by atoms with E-state index in [4.69, 9.17) is 27.1 Å². The first-order valence-corrected chi connectivity index (χ1v) is 11.0. The Kier molecular flexibility index (Phi) is 6.21. The Morgan fingerprint density at radius 2 is 1.81 bits per heavy atom. The van der Waals surface area contributed by atoms with Gasteiger partial charge in [-0.3, -0.25) is 14.2 Å². The van der Waals surface area contributed by atoms with E-state index in [1.165, 1.54) is 11.7 Å². The molecule has 0 saturated heterocycles. The van der Waals surface area contributed by atoms with Crippen molar-refractivity contribution in [2.75, 3.05) is 7.11 Å². The molecule has 8 heteroatoms. The third kappa shape index (κ3) is 4.09. The lowest BCUT2D eigenvalue weighted by Crippen LogP contribution is -2.25. The molecule has 0 spiro atoms. The normalized spacial score (nSPS) is 12.0. The maximum atomic E-state index is 13.6. The highest BCUT2D eigenvalue weighted by Gasteiger charge is 2.25. The Labute approximate surface area is 194 Å². The van der Waals surface area contributed by atoms with Crippen LogP contribution < -0.4 is 16.0 Å². The molecule has 2 N–H and O–H groups in total. The van der Waals surface area contributed by atoms with Crippen molar-refractivity contribution in [1.82, 2.24) is 9.55 Å². The van der Waals surface area contributed by atoms with Gasteiger partial charge < -0.3 is 10.5 Å². The van der Waals surface area contributed by atoms with Gasteiger partial charge in [-0.1, -0.05) is 65.8 Å². The first kappa shape index (κ1) is 21.9. The summed E-state index contributed by atoms with van der Waals surface area (Å²) in [5.41, 5.74) is 7.96. The van der Waals surface area contributed by atoms with Crippen LogP contribution in [0.5, 0.6) is 5.75 Å². The van der Waals surface area contributed by atoms with Crippen LogP contribution in [-0.4, -0.2) is 22.6 Å². The minimum atomic E-state index is -0.741. The standard InChI is InChI=1S/C24H20ClN3O3S/c1-14-12-19(20(31-2)13-17(14)25)28-23(30)16-10-6-7-11-18(16)27-24(28)32-21(22(26)29)15-8-4-3-5-9-15/h3-13,21H,1-2H3,(H2,26,29). The molecule has 1 atom stereocenters. The zero-order chi connectivity index (χ0) is 22.8. The number of rotatable bonds is 6. The fraction of sp³-hybridized carbons (Fsp3) is 0.125. The number of carbonyl (C=O) groups is 1. The molecule has 0 bridgehead atoms. The van der Waals surface area contributed by atoms with E-state index in [1.54, 1.807) is 30.3 Å². The topological polar surface area (TPSA) is 87.2 Å². The second kappa shape index (κ2) is 9.06. The van der Waals surface area contributed by atoms with E-state index in [-0.39, 0.29) is 5.56 Å². The number of nitrogens with two attached hydrogens (primary N) is 1. The maximum absolute atomic E-state index is 13.6. The van der Waals surface area contributed by atoms with E-state index in [0.717, 1.165) is 22.9 Å². The van der Waals surface area contributed by atoms with Gasteiger partial charge in [0.2, 0.25) is 5.91 Å². The quantitative estimate of drug-likeness (QED) is 0.330. The van der Waals surface area contributed by atoms with E-state index in [9.17, 15) is 9.59 Å². The molecule has 1 unspecified atom stereocenters. The molecule has 6 nitrogen and oxygen atoms in total. The molecule has 4 aromatic rings. The van der Waals surface area contributed by atoms with Gasteiger partial charge in [0.25, 0.3) is 5.56 Å². The van der Waals surface area contributed by atoms with E-state index in [2.05, 4.69) is 0 Å². The van der Waals surface area contributed by atoms with Gasteiger partial charge in [0.1, 0.15) is 11.0 Å². The summed E-state index contributed by atoms with van der Waals surface area (Å²) in [5, 5.41) is 0.541. The first-order chi connectivity index (χ1) is 15.4. The number of primary amides is 1. The monoisotopic (exact) mass is 465 g/mol. The van der Waals surface area contributed by atoms with Gasteiger partial charge in [-0.05, 0) is 36.2 Å². The van der Waals surface area contributed by atoms with Crippen molar-refractivity contribution in [2.45, 2.75) is 17.3 Å². The molecule has 0 aliphatic carbocycles. The highest BCUT2D eigenvalue weighted by molar-refractivity contribution is 8.00. The highest BCUT2D eigenvalue weighted by atomic mass is 35.5. The van der Waals surface area contributed by atoms with E-state index >= 15 is 0 Å². The number of thioether (sulfide) groups is 1. The van der Waals surface area contributed by atoms with Crippen LogP contribution in [-0.2, 0) is 4.79 Å². The average molecular weight is 466 g/mol. The number of benzene rings is 3. The Balaban J connectivity index is 2.00. The van der Waals surface area contributed by atoms with Gasteiger partial charge in [0, 0.05) is 11.1 Å². The number of methoxy groups -OCH3 is 1. The molecular weight excluding hydrogens is 446 g/mol. The second-order valence-corrected chi connectivity index (χ2v) is 8.62. The molecule has 0 saturated carbocycles. The third-order valence-corrected chi connectivity index (χ3v) is 6.66. The predicted molar refractivity (Wildman–Crippen MR) is 128 cm³/mol. The smallest absolute Gasteiger partial charge is 0.266 e. The van der Waals surface area contributed by atoms with Gasteiger partial charge in [-0.15, -0.1) is 0 Å². The lowest BCUT2D eigenvalue weighted by atomic mass is 10.1.